The third kappa shape index (κ3) is 3.98. The van der Waals surface area contributed by atoms with Crippen LogP contribution in [0.2, 0.25) is 0 Å². The molecule has 1 amide bonds. The number of hydrogen-bond acceptors (Lipinski definition) is 4. The van der Waals surface area contributed by atoms with Crippen molar-refractivity contribution in [2.75, 3.05) is 31.1 Å². The average molecular weight is 364 g/mol. The van der Waals surface area contributed by atoms with E-state index in [4.69, 9.17) is 5.73 Å². The smallest absolute Gasteiger partial charge is 0.255 e. The van der Waals surface area contributed by atoms with Crippen molar-refractivity contribution in [3.63, 3.8) is 0 Å². The Balaban J connectivity index is 1.43. The molecule has 0 unspecified atom stereocenters. The number of hydrogen-bond donors (Lipinski definition) is 1. The van der Waals surface area contributed by atoms with Gasteiger partial charge in [0.25, 0.3) is 5.91 Å². The summed E-state index contributed by atoms with van der Waals surface area (Å²) in [6.45, 7) is 3.37. The maximum absolute atomic E-state index is 12.9. The first kappa shape index (κ1) is 18.0. The van der Waals surface area contributed by atoms with Crippen LogP contribution < -0.4 is 10.6 Å². The molecule has 0 bridgehead atoms. The van der Waals surface area contributed by atoms with Gasteiger partial charge in [0.2, 0.25) is 0 Å². The summed E-state index contributed by atoms with van der Waals surface area (Å²) in [7, 11) is 0. The van der Waals surface area contributed by atoms with Gasteiger partial charge in [0.15, 0.2) is 0 Å². The SMILES string of the molecule is N[C@@H]1CN(C(=O)c2ccc(N3CCCCCC3)nc2)C[C@H]1c1ccccc1. The minimum Gasteiger partial charge on any atom is -0.357 e. The van der Waals surface area contributed by atoms with Crippen molar-refractivity contribution in [3.8, 4) is 0 Å². The van der Waals surface area contributed by atoms with Crippen LogP contribution in [0.25, 0.3) is 0 Å². The molecule has 2 atom stereocenters. The van der Waals surface area contributed by atoms with Crippen molar-refractivity contribution in [2.45, 2.75) is 37.6 Å². The van der Waals surface area contributed by atoms with E-state index in [2.05, 4.69) is 22.0 Å². The molecule has 2 aromatic rings. The molecule has 2 saturated heterocycles. The summed E-state index contributed by atoms with van der Waals surface area (Å²) in [6, 6.07) is 14.1. The molecule has 2 aliphatic rings. The summed E-state index contributed by atoms with van der Waals surface area (Å²) in [6.07, 6.45) is 6.75. The van der Waals surface area contributed by atoms with Crippen molar-refractivity contribution in [1.29, 1.82) is 0 Å². The van der Waals surface area contributed by atoms with E-state index in [1.165, 1.54) is 31.2 Å². The zero-order chi connectivity index (χ0) is 18.6. The molecule has 142 valence electrons. The quantitative estimate of drug-likeness (QED) is 0.909. The normalized spacial score (nSPS) is 23.3. The van der Waals surface area contributed by atoms with Gasteiger partial charge in [-0.3, -0.25) is 4.79 Å². The van der Waals surface area contributed by atoms with Crippen molar-refractivity contribution >= 4 is 11.7 Å². The Hall–Kier alpha value is -2.40. The predicted molar refractivity (Wildman–Crippen MR) is 108 cm³/mol. The molecule has 3 heterocycles. The lowest BCUT2D eigenvalue weighted by atomic mass is 9.95. The number of nitrogens with zero attached hydrogens (tertiary/aromatic N) is 3. The fraction of sp³-hybridized carbons (Fsp3) is 0.455. The number of aromatic nitrogens is 1. The fourth-order valence-corrected chi connectivity index (χ4v) is 4.23. The highest BCUT2D eigenvalue weighted by atomic mass is 16.2. The van der Waals surface area contributed by atoms with Gasteiger partial charge in [0, 0.05) is 44.3 Å². The van der Waals surface area contributed by atoms with E-state index in [0.717, 1.165) is 18.9 Å². The number of benzene rings is 1. The molecule has 2 N–H and O–H groups in total. The third-order valence-corrected chi connectivity index (χ3v) is 5.80. The maximum atomic E-state index is 12.9. The highest BCUT2D eigenvalue weighted by Gasteiger charge is 2.34. The summed E-state index contributed by atoms with van der Waals surface area (Å²) >= 11 is 0. The molecule has 0 spiro atoms. The van der Waals surface area contributed by atoms with Gasteiger partial charge in [0.05, 0.1) is 5.56 Å². The Morgan fingerprint density at radius 1 is 0.963 bits per heavy atom. The van der Waals surface area contributed by atoms with E-state index in [-0.39, 0.29) is 17.9 Å². The van der Waals surface area contributed by atoms with Gasteiger partial charge in [-0.2, -0.15) is 0 Å². The third-order valence-electron chi connectivity index (χ3n) is 5.80. The van der Waals surface area contributed by atoms with E-state index >= 15 is 0 Å². The number of nitrogens with two attached hydrogens (primary N) is 1. The topological polar surface area (TPSA) is 62.5 Å². The second kappa shape index (κ2) is 8.09. The zero-order valence-corrected chi connectivity index (χ0v) is 15.8. The van der Waals surface area contributed by atoms with E-state index < -0.39 is 0 Å². The van der Waals surface area contributed by atoms with E-state index in [0.29, 0.717) is 18.7 Å². The summed E-state index contributed by atoms with van der Waals surface area (Å²) < 4.78 is 0. The Kier molecular flexibility index (Phi) is 5.39. The average Bonchev–Trinajstić information content (AvgIpc) is 2.92. The lowest BCUT2D eigenvalue weighted by Crippen LogP contribution is -2.32. The fourth-order valence-electron chi connectivity index (χ4n) is 4.23. The van der Waals surface area contributed by atoms with Crippen LogP contribution in [0.1, 0.15) is 47.5 Å². The minimum absolute atomic E-state index is 0.0267. The van der Waals surface area contributed by atoms with Gasteiger partial charge in [0.1, 0.15) is 5.82 Å². The van der Waals surface area contributed by atoms with Gasteiger partial charge in [-0.15, -0.1) is 0 Å². The van der Waals surface area contributed by atoms with Crippen LogP contribution in [-0.4, -0.2) is 48.0 Å². The number of carbonyl (C=O) groups is 1. The van der Waals surface area contributed by atoms with Crippen molar-refractivity contribution in [2.24, 2.45) is 5.73 Å². The highest BCUT2D eigenvalue weighted by Crippen LogP contribution is 2.27. The van der Waals surface area contributed by atoms with Crippen molar-refractivity contribution in [3.05, 3.63) is 59.8 Å². The van der Waals surface area contributed by atoms with Crippen LogP contribution in [0.4, 0.5) is 5.82 Å². The number of carbonyl (C=O) groups excluding carboxylic acids is 1. The van der Waals surface area contributed by atoms with Gasteiger partial charge >= 0.3 is 0 Å². The van der Waals surface area contributed by atoms with Crippen molar-refractivity contribution in [1.82, 2.24) is 9.88 Å². The van der Waals surface area contributed by atoms with Crippen LogP contribution in [0.15, 0.2) is 48.7 Å². The molecule has 2 aliphatic heterocycles. The monoisotopic (exact) mass is 364 g/mol. The number of rotatable bonds is 3. The first-order valence-corrected chi connectivity index (χ1v) is 10.0. The van der Waals surface area contributed by atoms with E-state index in [1.807, 2.05) is 35.2 Å². The second-order valence-corrected chi connectivity index (χ2v) is 7.70. The van der Waals surface area contributed by atoms with Crippen LogP contribution in [0, 0.1) is 0 Å². The van der Waals surface area contributed by atoms with Gasteiger partial charge < -0.3 is 15.5 Å². The highest BCUT2D eigenvalue weighted by molar-refractivity contribution is 5.94. The predicted octanol–water partition coefficient (Wildman–Crippen LogP) is 3.03. The lowest BCUT2D eigenvalue weighted by Gasteiger charge is -2.22. The molecule has 5 heteroatoms. The van der Waals surface area contributed by atoms with Gasteiger partial charge in [-0.1, -0.05) is 43.2 Å². The molecule has 1 aromatic carbocycles. The first-order chi connectivity index (χ1) is 13.2. The molecular formula is C22H28N4O. The molecule has 0 radical (unpaired) electrons. The molecule has 1 aromatic heterocycles. The van der Waals surface area contributed by atoms with Gasteiger partial charge in [-0.05, 0) is 30.5 Å². The summed E-state index contributed by atoms with van der Waals surface area (Å²) in [4.78, 5) is 21.7. The Morgan fingerprint density at radius 3 is 2.37 bits per heavy atom. The molecule has 0 aliphatic carbocycles. The molecule has 2 fully saturated rings. The maximum Gasteiger partial charge on any atom is 0.255 e. The van der Waals surface area contributed by atoms with E-state index in [1.54, 1.807) is 6.20 Å². The number of pyridine rings is 1. The standard InChI is InChI=1S/C22H28N4O/c23-20-16-26(15-19(20)17-8-4-3-5-9-17)22(27)18-10-11-21(24-14-18)25-12-6-1-2-7-13-25/h3-5,8-11,14,19-20H,1-2,6-7,12-13,15-16,23H2/t19-,20+/m0/s1. The molecule has 0 saturated carbocycles. The Bertz CT molecular complexity index is 754. The minimum atomic E-state index is -0.0271. The van der Waals surface area contributed by atoms with E-state index in [9.17, 15) is 4.79 Å². The van der Waals surface area contributed by atoms with Crippen LogP contribution in [0.5, 0.6) is 0 Å². The summed E-state index contributed by atoms with van der Waals surface area (Å²) in [5.74, 6) is 1.20. The van der Waals surface area contributed by atoms with Gasteiger partial charge in [-0.25, -0.2) is 4.98 Å². The molecule has 27 heavy (non-hydrogen) atoms. The van der Waals surface area contributed by atoms with Crippen LogP contribution in [0.3, 0.4) is 0 Å². The number of anilines is 1. The van der Waals surface area contributed by atoms with Crippen molar-refractivity contribution < 1.29 is 4.79 Å². The second-order valence-electron chi connectivity index (χ2n) is 7.70. The first-order valence-electron chi connectivity index (χ1n) is 10.0. The number of amides is 1. The Morgan fingerprint density at radius 2 is 1.70 bits per heavy atom. The van der Waals surface area contributed by atoms with Crippen LogP contribution in [-0.2, 0) is 0 Å². The molecule has 5 nitrogen and oxygen atoms in total. The summed E-state index contributed by atoms with van der Waals surface area (Å²) in [5.41, 5.74) is 8.19. The number of likely N-dealkylation sites (tertiary alicyclic amines) is 1. The molecule has 4 rings (SSSR count). The van der Waals surface area contributed by atoms with Crippen LogP contribution >= 0.6 is 0 Å². The molecular weight excluding hydrogens is 336 g/mol. The zero-order valence-electron chi connectivity index (χ0n) is 15.8. The Labute approximate surface area is 161 Å². The summed E-state index contributed by atoms with van der Waals surface area (Å²) in [5, 5.41) is 0. The largest absolute Gasteiger partial charge is 0.357 e. The lowest BCUT2D eigenvalue weighted by molar-refractivity contribution is 0.0789.